The molecule has 2 atom stereocenters. The zero-order valence-corrected chi connectivity index (χ0v) is 13.7. The highest BCUT2D eigenvalue weighted by atomic mass is 16.5. The predicted octanol–water partition coefficient (Wildman–Crippen LogP) is 3.15. The van der Waals surface area contributed by atoms with Crippen molar-refractivity contribution in [3.63, 3.8) is 0 Å². The molecule has 0 fully saturated rings. The Morgan fingerprint density at radius 2 is 2.00 bits per heavy atom. The minimum atomic E-state index is -0.283. The first kappa shape index (κ1) is 17.5. The molecule has 1 N–H and O–H groups in total. The van der Waals surface area contributed by atoms with Crippen LogP contribution < -0.4 is 10.1 Å². The summed E-state index contributed by atoms with van der Waals surface area (Å²) in [6.45, 7) is 8.73. The van der Waals surface area contributed by atoms with E-state index in [4.69, 9.17) is 9.47 Å². The summed E-state index contributed by atoms with van der Waals surface area (Å²) in [4.78, 5) is 11.8. The molecule has 1 aromatic carbocycles. The van der Waals surface area contributed by atoms with Crippen LogP contribution in [-0.4, -0.2) is 25.2 Å². The lowest BCUT2D eigenvalue weighted by molar-refractivity contribution is -0.144. The molecule has 0 aliphatic rings. The molecule has 0 spiro atoms. The van der Waals surface area contributed by atoms with Gasteiger partial charge in [-0.1, -0.05) is 32.4 Å². The molecule has 0 amide bonds. The third-order valence-corrected chi connectivity index (χ3v) is 3.46. The largest absolute Gasteiger partial charge is 0.491 e. The van der Waals surface area contributed by atoms with Crippen molar-refractivity contribution in [1.29, 1.82) is 0 Å². The number of esters is 1. The maximum absolute atomic E-state index is 11.8. The SMILES string of the molecule is CCC(C)C(NCc1cccc(OC(C)C)c1)C(=O)OC. The summed E-state index contributed by atoms with van der Waals surface area (Å²) in [5.41, 5.74) is 1.09. The van der Waals surface area contributed by atoms with Crippen molar-refractivity contribution >= 4 is 5.97 Å². The summed E-state index contributed by atoms with van der Waals surface area (Å²) in [5, 5.41) is 3.29. The Morgan fingerprint density at radius 1 is 1.29 bits per heavy atom. The van der Waals surface area contributed by atoms with E-state index >= 15 is 0 Å². The summed E-state index contributed by atoms with van der Waals surface area (Å²) in [7, 11) is 1.43. The quantitative estimate of drug-likeness (QED) is 0.748. The Morgan fingerprint density at radius 3 is 2.57 bits per heavy atom. The number of ether oxygens (including phenoxy) is 2. The van der Waals surface area contributed by atoms with Crippen LogP contribution in [0.15, 0.2) is 24.3 Å². The van der Waals surface area contributed by atoms with Crippen molar-refractivity contribution in [3.05, 3.63) is 29.8 Å². The van der Waals surface area contributed by atoms with Crippen molar-refractivity contribution in [2.24, 2.45) is 5.92 Å². The monoisotopic (exact) mass is 293 g/mol. The Bertz CT molecular complexity index is 445. The van der Waals surface area contributed by atoms with E-state index in [-0.39, 0.29) is 24.0 Å². The van der Waals surface area contributed by atoms with E-state index in [0.717, 1.165) is 17.7 Å². The molecule has 1 rings (SSSR count). The maximum Gasteiger partial charge on any atom is 0.323 e. The Balaban J connectivity index is 2.69. The Labute approximate surface area is 127 Å². The number of rotatable bonds is 8. The third-order valence-electron chi connectivity index (χ3n) is 3.46. The van der Waals surface area contributed by atoms with Crippen LogP contribution in [0, 0.1) is 5.92 Å². The zero-order chi connectivity index (χ0) is 15.8. The Hall–Kier alpha value is -1.55. The second-order valence-corrected chi connectivity index (χ2v) is 5.58. The highest BCUT2D eigenvalue weighted by molar-refractivity contribution is 5.75. The highest BCUT2D eigenvalue weighted by Gasteiger charge is 2.24. The topological polar surface area (TPSA) is 47.6 Å². The van der Waals surface area contributed by atoms with Gasteiger partial charge in [-0.25, -0.2) is 0 Å². The fourth-order valence-corrected chi connectivity index (χ4v) is 2.11. The summed E-state index contributed by atoms with van der Waals surface area (Å²) < 4.78 is 10.6. The standard InChI is InChI=1S/C17H27NO3/c1-6-13(4)16(17(19)20-5)18-11-14-8-7-9-15(10-14)21-12(2)3/h7-10,12-13,16,18H,6,11H2,1-5H3. The molecule has 0 radical (unpaired) electrons. The summed E-state index contributed by atoms with van der Waals surface area (Å²) in [5.74, 6) is 0.869. The van der Waals surface area contributed by atoms with Gasteiger partial charge in [0.2, 0.25) is 0 Å². The molecule has 1 aromatic rings. The summed E-state index contributed by atoms with van der Waals surface area (Å²) >= 11 is 0. The van der Waals surface area contributed by atoms with Gasteiger partial charge in [0.1, 0.15) is 11.8 Å². The van der Waals surface area contributed by atoms with Crippen LogP contribution in [0.4, 0.5) is 0 Å². The molecule has 0 saturated heterocycles. The number of methoxy groups -OCH3 is 1. The van der Waals surface area contributed by atoms with Crippen molar-refractivity contribution < 1.29 is 14.3 Å². The van der Waals surface area contributed by atoms with Crippen LogP contribution in [0.3, 0.4) is 0 Å². The second kappa shape index (κ2) is 8.67. The van der Waals surface area contributed by atoms with Gasteiger partial charge < -0.3 is 14.8 Å². The van der Waals surface area contributed by atoms with Gasteiger partial charge in [-0.3, -0.25) is 4.79 Å². The number of carbonyl (C=O) groups excluding carboxylic acids is 1. The van der Waals surface area contributed by atoms with Gasteiger partial charge in [0.05, 0.1) is 13.2 Å². The van der Waals surface area contributed by atoms with Crippen molar-refractivity contribution in [3.8, 4) is 5.75 Å². The predicted molar refractivity (Wildman–Crippen MR) is 84.3 cm³/mol. The van der Waals surface area contributed by atoms with Crippen LogP contribution >= 0.6 is 0 Å². The molecule has 118 valence electrons. The maximum atomic E-state index is 11.8. The van der Waals surface area contributed by atoms with Crippen molar-refractivity contribution in [2.75, 3.05) is 7.11 Å². The first-order valence-corrected chi connectivity index (χ1v) is 7.54. The fourth-order valence-electron chi connectivity index (χ4n) is 2.11. The minimum absolute atomic E-state index is 0.149. The average Bonchev–Trinajstić information content (AvgIpc) is 2.46. The van der Waals surface area contributed by atoms with Crippen LogP contribution in [-0.2, 0) is 16.1 Å². The van der Waals surface area contributed by atoms with E-state index in [1.54, 1.807) is 0 Å². The van der Waals surface area contributed by atoms with Gasteiger partial charge in [0.15, 0.2) is 0 Å². The van der Waals surface area contributed by atoms with E-state index in [0.29, 0.717) is 6.54 Å². The summed E-state index contributed by atoms with van der Waals surface area (Å²) in [6.07, 6.45) is 1.07. The first-order chi connectivity index (χ1) is 9.97. The Kier molecular flexibility index (Phi) is 7.23. The van der Waals surface area contributed by atoms with Crippen LogP contribution in [0.2, 0.25) is 0 Å². The molecule has 4 nitrogen and oxygen atoms in total. The lowest BCUT2D eigenvalue weighted by atomic mass is 9.99. The molecule has 0 saturated carbocycles. The van der Waals surface area contributed by atoms with Gasteiger partial charge >= 0.3 is 5.97 Å². The molecular formula is C17H27NO3. The van der Waals surface area contributed by atoms with Gasteiger partial charge in [-0.2, -0.15) is 0 Å². The lowest BCUT2D eigenvalue weighted by Crippen LogP contribution is -2.42. The van der Waals surface area contributed by atoms with Crippen molar-refractivity contribution in [2.45, 2.75) is 52.8 Å². The first-order valence-electron chi connectivity index (χ1n) is 7.54. The van der Waals surface area contributed by atoms with E-state index in [2.05, 4.69) is 12.2 Å². The van der Waals surface area contributed by atoms with Crippen LogP contribution in [0.25, 0.3) is 0 Å². The molecule has 2 unspecified atom stereocenters. The zero-order valence-electron chi connectivity index (χ0n) is 13.7. The molecule has 0 aliphatic heterocycles. The van der Waals surface area contributed by atoms with Crippen LogP contribution in [0.5, 0.6) is 5.75 Å². The normalized spacial score (nSPS) is 13.8. The second-order valence-electron chi connectivity index (χ2n) is 5.58. The molecule has 4 heteroatoms. The minimum Gasteiger partial charge on any atom is -0.491 e. The van der Waals surface area contributed by atoms with Gasteiger partial charge in [0.25, 0.3) is 0 Å². The third kappa shape index (κ3) is 5.76. The van der Waals surface area contributed by atoms with E-state index in [9.17, 15) is 4.79 Å². The van der Waals surface area contributed by atoms with Gasteiger partial charge in [0, 0.05) is 6.54 Å². The van der Waals surface area contributed by atoms with E-state index in [1.807, 2.05) is 45.0 Å². The smallest absolute Gasteiger partial charge is 0.323 e. The molecular weight excluding hydrogens is 266 g/mol. The molecule has 0 aliphatic carbocycles. The molecule has 0 aromatic heterocycles. The number of carbonyl (C=O) groups is 1. The number of benzene rings is 1. The number of hydrogen-bond donors (Lipinski definition) is 1. The van der Waals surface area contributed by atoms with Crippen molar-refractivity contribution in [1.82, 2.24) is 5.32 Å². The number of nitrogens with one attached hydrogen (secondary N) is 1. The molecule has 0 bridgehead atoms. The average molecular weight is 293 g/mol. The van der Waals surface area contributed by atoms with Gasteiger partial charge in [-0.05, 0) is 37.5 Å². The molecule has 0 heterocycles. The van der Waals surface area contributed by atoms with Crippen LogP contribution in [0.1, 0.15) is 39.7 Å². The molecule has 21 heavy (non-hydrogen) atoms. The van der Waals surface area contributed by atoms with E-state index < -0.39 is 0 Å². The highest BCUT2D eigenvalue weighted by Crippen LogP contribution is 2.16. The number of hydrogen-bond acceptors (Lipinski definition) is 4. The lowest BCUT2D eigenvalue weighted by Gasteiger charge is -2.22. The van der Waals surface area contributed by atoms with E-state index in [1.165, 1.54) is 7.11 Å². The fraction of sp³-hybridized carbons (Fsp3) is 0.588. The summed E-state index contributed by atoms with van der Waals surface area (Å²) in [6, 6.07) is 7.64. The van der Waals surface area contributed by atoms with Gasteiger partial charge in [-0.15, -0.1) is 0 Å².